The third-order valence-electron chi connectivity index (χ3n) is 4.87. The number of methoxy groups -OCH3 is 6. The van der Waals surface area contributed by atoms with Crippen molar-refractivity contribution in [3.63, 3.8) is 0 Å². The maximum absolute atomic E-state index is 5.95. The zero-order valence-corrected chi connectivity index (χ0v) is 21.0. The van der Waals surface area contributed by atoms with E-state index in [0.717, 1.165) is 0 Å². The van der Waals surface area contributed by atoms with E-state index in [1.54, 1.807) is 42.7 Å². The zero-order valence-electron chi connectivity index (χ0n) is 15.6. The van der Waals surface area contributed by atoms with Gasteiger partial charge in [-0.25, -0.2) is 0 Å². The third-order valence-corrected chi connectivity index (χ3v) is 21.0. The highest BCUT2D eigenvalue weighted by atomic mass is 28.4. The summed E-state index contributed by atoms with van der Waals surface area (Å²) in [5, 5.41) is -1.90. The van der Waals surface area contributed by atoms with Gasteiger partial charge in [-0.3, -0.25) is 0 Å². The highest BCUT2D eigenvalue weighted by Gasteiger charge is 2.63. The van der Waals surface area contributed by atoms with Crippen molar-refractivity contribution in [3.05, 3.63) is 0 Å². The van der Waals surface area contributed by atoms with Gasteiger partial charge in [-0.2, -0.15) is 0 Å². The summed E-state index contributed by atoms with van der Waals surface area (Å²) < 4.78 is 35.7. The molecule has 0 spiro atoms. The Morgan fingerprint density at radius 2 is 0.682 bits per heavy atom. The van der Waals surface area contributed by atoms with Gasteiger partial charge in [0.05, 0.1) is 28.6 Å². The smallest absolute Gasteiger partial charge is 0.228 e. The number of hydrogen-bond acceptors (Lipinski definition) is 6. The van der Waals surface area contributed by atoms with Crippen LogP contribution in [0.1, 0.15) is 0 Å². The van der Waals surface area contributed by atoms with Crippen molar-refractivity contribution in [2.45, 2.75) is 34.7 Å². The summed E-state index contributed by atoms with van der Waals surface area (Å²) >= 11 is 0. The molecule has 10 heteroatoms. The Labute approximate surface area is 143 Å². The first-order chi connectivity index (χ1) is 10.4. The molecule has 0 bridgehead atoms. The minimum absolute atomic E-state index is 0.635. The van der Waals surface area contributed by atoms with Crippen LogP contribution in [0.5, 0.6) is 0 Å². The van der Waals surface area contributed by atoms with Gasteiger partial charge in [-0.05, 0) is 0 Å². The van der Waals surface area contributed by atoms with Gasteiger partial charge < -0.3 is 28.4 Å². The van der Waals surface area contributed by atoms with Gasteiger partial charge in [0.1, 0.15) is 15.1 Å². The second-order valence-corrected chi connectivity index (χ2v) is 16.2. The van der Waals surface area contributed by atoms with Crippen molar-refractivity contribution in [2.75, 3.05) is 42.7 Å². The molecule has 0 aromatic carbocycles. The molecule has 0 saturated carbocycles. The number of hydrogen-bond donors (Lipinski definition) is 0. The van der Waals surface area contributed by atoms with E-state index >= 15 is 0 Å². The van der Waals surface area contributed by atoms with Crippen LogP contribution >= 0.6 is 0 Å². The highest BCUT2D eigenvalue weighted by molar-refractivity contribution is 6.89. The summed E-state index contributed by atoms with van der Waals surface area (Å²) in [6, 6.07) is 0. The lowest BCUT2D eigenvalue weighted by Gasteiger charge is -2.53. The monoisotopic (exact) mass is 386 g/mol. The molecule has 0 rings (SSSR count). The van der Waals surface area contributed by atoms with Gasteiger partial charge in [0.15, 0.2) is 0 Å². The lowest BCUT2D eigenvalue weighted by Crippen LogP contribution is -2.79. The molecule has 0 N–H and O–H groups in total. The van der Waals surface area contributed by atoms with E-state index in [1.165, 1.54) is 0 Å². The molecule has 0 amide bonds. The Hall–Kier alpha value is 0.628. The molecule has 0 unspecified atom stereocenters. The minimum Gasteiger partial charge on any atom is -0.361 e. The first kappa shape index (κ1) is 22.6. The summed E-state index contributed by atoms with van der Waals surface area (Å²) in [6.45, 7) is 6.56. The minimum atomic E-state index is -2.13. The van der Waals surface area contributed by atoms with Gasteiger partial charge in [0, 0.05) is 42.7 Å². The second-order valence-electron chi connectivity index (χ2n) is 5.15. The van der Waals surface area contributed by atoms with Crippen molar-refractivity contribution in [2.24, 2.45) is 0 Å². The maximum atomic E-state index is 5.95. The van der Waals surface area contributed by atoms with Crippen molar-refractivity contribution in [1.29, 1.82) is 0 Å². The van der Waals surface area contributed by atoms with Gasteiger partial charge in [0.2, 0.25) is 8.80 Å². The summed E-state index contributed by atoms with van der Waals surface area (Å²) in [5.41, 5.74) is 0. The van der Waals surface area contributed by atoms with E-state index in [0.29, 0.717) is 0 Å². The highest BCUT2D eigenvalue weighted by Crippen LogP contribution is 2.35. The van der Waals surface area contributed by atoms with Crippen molar-refractivity contribution in [1.82, 2.24) is 0 Å². The van der Waals surface area contributed by atoms with Crippen molar-refractivity contribution >= 4 is 37.4 Å². The van der Waals surface area contributed by atoms with Crippen LogP contribution in [0.25, 0.3) is 0 Å². The largest absolute Gasteiger partial charge is 0.361 e. The normalized spacial score (nSPS) is 16.8. The fourth-order valence-corrected chi connectivity index (χ4v) is 21.7. The van der Waals surface area contributed by atoms with Gasteiger partial charge in [0.25, 0.3) is 0 Å². The van der Waals surface area contributed by atoms with Crippen molar-refractivity contribution in [3.8, 4) is 0 Å². The average molecular weight is 387 g/mol. The number of rotatable bonds is 12. The van der Waals surface area contributed by atoms with Crippen LogP contribution in [-0.2, 0) is 28.4 Å². The predicted octanol–water partition coefficient (Wildman–Crippen LogP) is -1.68. The quantitative estimate of drug-likeness (QED) is 0.295. The molecule has 0 saturated heterocycles. The summed E-state index contributed by atoms with van der Waals surface area (Å²) in [5.74, 6) is 0. The maximum Gasteiger partial charge on any atom is 0.228 e. The Balaban J connectivity index is 6.42. The fourth-order valence-electron chi connectivity index (χ4n) is 3.44. The van der Waals surface area contributed by atoms with E-state index in [9.17, 15) is 0 Å². The molecular weight excluding hydrogens is 352 g/mol. The number of ether oxygens (including phenoxy) is 6. The fraction of sp³-hybridized carbons (Fsp3) is 1.00. The molecular formula is C12H34O6Si4. The van der Waals surface area contributed by atoms with E-state index in [4.69, 9.17) is 28.4 Å². The van der Waals surface area contributed by atoms with Crippen LogP contribution in [0.4, 0.5) is 0 Å². The predicted molar refractivity (Wildman–Crippen MR) is 101 cm³/mol. The molecule has 6 nitrogen and oxygen atoms in total. The second kappa shape index (κ2) is 9.81. The molecule has 0 aromatic rings. The van der Waals surface area contributed by atoms with Crippen LogP contribution in [0.3, 0.4) is 0 Å². The Kier molecular flexibility index (Phi) is 10.1. The molecule has 0 radical (unpaired) electrons. The molecule has 0 aliphatic carbocycles. The SMILES string of the molecule is COC(OC)([SiH2]C)[SiH](C(OC)(OC)[SiH2]C)C(OC)(OC)[SiH2]C. The van der Waals surface area contributed by atoms with E-state index < -0.39 is 52.5 Å². The van der Waals surface area contributed by atoms with Crippen LogP contribution in [0, 0.1) is 0 Å². The van der Waals surface area contributed by atoms with Crippen LogP contribution in [-0.4, -0.2) is 95.1 Å². The molecule has 0 heterocycles. The molecule has 0 aliphatic heterocycles. The lowest BCUT2D eigenvalue weighted by molar-refractivity contribution is -0.162. The lowest BCUT2D eigenvalue weighted by atomic mass is 11.2. The summed E-state index contributed by atoms with van der Waals surface area (Å²) in [7, 11) is 6.02. The molecule has 0 aliphatic rings. The molecule has 0 aromatic heterocycles. The van der Waals surface area contributed by atoms with Gasteiger partial charge in [-0.15, -0.1) is 0 Å². The standard InChI is InChI=1S/C12H34O6Si4/c1-13-10(14-2,19-7)22(11(15-3,16-4)20-8)12(17-5,18-6)21-9/h22H,19-21H2,1-9H3. The Morgan fingerprint density at radius 3 is 0.773 bits per heavy atom. The first-order valence-electron chi connectivity index (χ1n) is 7.72. The van der Waals surface area contributed by atoms with Crippen LogP contribution < -0.4 is 0 Å². The van der Waals surface area contributed by atoms with Crippen LogP contribution in [0.15, 0.2) is 0 Å². The molecule has 0 atom stereocenters. The third kappa shape index (κ3) is 3.82. The molecule has 22 heavy (non-hydrogen) atoms. The van der Waals surface area contributed by atoms with E-state index in [2.05, 4.69) is 19.6 Å². The van der Waals surface area contributed by atoms with Crippen LogP contribution in [0.2, 0.25) is 19.6 Å². The first-order valence-corrected chi connectivity index (χ1v) is 15.8. The average Bonchev–Trinajstić information content (AvgIpc) is 2.60. The molecule has 0 fully saturated rings. The van der Waals surface area contributed by atoms with Crippen molar-refractivity contribution < 1.29 is 28.4 Å². The summed E-state index contributed by atoms with van der Waals surface area (Å²) in [4.78, 5) is 0. The van der Waals surface area contributed by atoms with Gasteiger partial charge in [-0.1, -0.05) is 19.6 Å². The molecule has 134 valence electrons. The van der Waals surface area contributed by atoms with Gasteiger partial charge >= 0.3 is 0 Å². The Bertz CT molecular complexity index is 236. The van der Waals surface area contributed by atoms with E-state index in [1.807, 2.05) is 0 Å². The summed E-state index contributed by atoms with van der Waals surface area (Å²) in [6.07, 6.45) is 0. The Morgan fingerprint density at radius 1 is 0.500 bits per heavy atom. The zero-order chi connectivity index (χ0) is 17.4. The topological polar surface area (TPSA) is 55.4 Å². The van der Waals surface area contributed by atoms with E-state index in [-0.39, 0.29) is 0 Å².